The quantitative estimate of drug-likeness (QED) is 0.758. The second-order valence-corrected chi connectivity index (χ2v) is 5.31. The summed E-state index contributed by atoms with van der Waals surface area (Å²) in [5.74, 6) is 1.10. The lowest BCUT2D eigenvalue weighted by atomic mass is 10.1. The van der Waals surface area contributed by atoms with Gasteiger partial charge in [-0.25, -0.2) is 4.98 Å². The van der Waals surface area contributed by atoms with Crippen LogP contribution in [0.1, 0.15) is 5.56 Å². The fourth-order valence-electron chi connectivity index (χ4n) is 2.45. The zero-order valence-corrected chi connectivity index (χ0v) is 13.5. The molecule has 0 atom stereocenters. The number of nitrogens with zero attached hydrogens (tertiary/aromatic N) is 2. The molecule has 0 aliphatic rings. The molecule has 3 rings (SSSR count). The van der Waals surface area contributed by atoms with E-state index in [-0.39, 0.29) is 5.56 Å². The van der Waals surface area contributed by atoms with Gasteiger partial charge < -0.3 is 10.1 Å². The zero-order chi connectivity index (χ0) is 16.8. The summed E-state index contributed by atoms with van der Waals surface area (Å²) in [7, 11) is 1.61. The van der Waals surface area contributed by atoms with Gasteiger partial charge in [0.25, 0.3) is 5.56 Å². The Morgan fingerprint density at radius 2 is 1.83 bits per heavy atom. The summed E-state index contributed by atoms with van der Waals surface area (Å²) < 4.78 is 6.71. The molecule has 0 bridgehead atoms. The van der Waals surface area contributed by atoms with E-state index < -0.39 is 0 Å². The Balaban J connectivity index is 1.74. The lowest BCUT2D eigenvalue weighted by molar-refractivity contribution is 0.414. The van der Waals surface area contributed by atoms with Gasteiger partial charge in [0.2, 0.25) is 0 Å². The van der Waals surface area contributed by atoms with Gasteiger partial charge in [0.05, 0.1) is 7.11 Å². The summed E-state index contributed by atoms with van der Waals surface area (Å²) in [6.07, 6.45) is 4.11. The van der Waals surface area contributed by atoms with Crippen molar-refractivity contribution in [3.8, 4) is 11.4 Å². The third-order valence-electron chi connectivity index (χ3n) is 3.74. The lowest BCUT2D eigenvalue weighted by Gasteiger charge is -2.10. The van der Waals surface area contributed by atoms with Gasteiger partial charge in [-0.3, -0.25) is 9.36 Å². The van der Waals surface area contributed by atoms with Crippen molar-refractivity contribution in [2.45, 2.75) is 6.42 Å². The number of benzene rings is 2. The largest absolute Gasteiger partial charge is 0.497 e. The smallest absolute Gasteiger partial charge is 0.297 e. The molecule has 1 heterocycles. The van der Waals surface area contributed by atoms with Gasteiger partial charge in [0.15, 0.2) is 5.82 Å². The van der Waals surface area contributed by atoms with Crippen LogP contribution in [0, 0.1) is 0 Å². The fraction of sp³-hybridized carbons (Fsp3) is 0.158. The molecule has 1 N–H and O–H groups in total. The highest BCUT2D eigenvalue weighted by molar-refractivity contribution is 5.41. The van der Waals surface area contributed by atoms with E-state index >= 15 is 0 Å². The monoisotopic (exact) mass is 321 g/mol. The average Bonchev–Trinajstić information content (AvgIpc) is 2.64. The van der Waals surface area contributed by atoms with E-state index in [1.807, 2.05) is 42.5 Å². The summed E-state index contributed by atoms with van der Waals surface area (Å²) in [6.45, 7) is 0.652. The highest BCUT2D eigenvalue weighted by Gasteiger charge is 2.06. The molecule has 0 aliphatic carbocycles. The SMILES string of the molecule is COc1ccc(-n2ccnc(NCCc3ccccc3)c2=O)cc1. The van der Waals surface area contributed by atoms with Crippen molar-refractivity contribution in [1.29, 1.82) is 0 Å². The molecule has 0 fully saturated rings. The highest BCUT2D eigenvalue weighted by atomic mass is 16.5. The zero-order valence-electron chi connectivity index (χ0n) is 13.5. The number of hydrogen-bond donors (Lipinski definition) is 1. The summed E-state index contributed by atoms with van der Waals surface area (Å²) in [4.78, 5) is 16.7. The molecule has 2 aromatic carbocycles. The second kappa shape index (κ2) is 7.46. The molecule has 122 valence electrons. The van der Waals surface area contributed by atoms with Crippen LogP contribution in [0.25, 0.3) is 5.69 Å². The second-order valence-electron chi connectivity index (χ2n) is 5.31. The minimum absolute atomic E-state index is 0.171. The molecule has 0 spiro atoms. The first-order valence-electron chi connectivity index (χ1n) is 7.78. The Kier molecular flexibility index (Phi) is 4.91. The van der Waals surface area contributed by atoms with Crippen LogP contribution < -0.4 is 15.6 Å². The van der Waals surface area contributed by atoms with Crippen LogP contribution in [-0.4, -0.2) is 23.2 Å². The average molecular weight is 321 g/mol. The molecule has 0 saturated heterocycles. The van der Waals surface area contributed by atoms with E-state index in [1.54, 1.807) is 24.1 Å². The summed E-state index contributed by atoms with van der Waals surface area (Å²) in [5.41, 5.74) is 1.82. The molecule has 24 heavy (non-hydrogen) atoms. The number of rotatable bonds is 6. The van der Waals surface area contributed by atoms with Crippen LogP contribution in [0.3, 0.4) is 0 Å². The third-order valence-corrected chi connectivity index (χ3v) is 3.74. The Hall–Kier alpha value is -3.08. The predicted molar refractivity (Wildman–Crippen MR) is 95.0 cm³/mol. The van der Waals surface area contributed by atoms with Crippen molar-refractivity contribution < 1.29 is 4.74 Å². The molecule has 0 amide bonds. The molecule has 5 nitrogen and oxygen atoms in total. The van der Waals surface area contributed by atoms with E-state index in [1.165, 1.54) is 5.56 Å². The standard InChI is InChI=1S/C19H19N3O2/c1-24-17-9-7-16(8-10-17)22-14-13-21-18(19(22)23)20-12-11-15-5-3-2-4-6-15/h2-10,13-14H,11-12H2,1H3,(H,20,21). The van der Waals surface area contributed by atoms with Gasteiger partial charge in [-0.1, -0.05) is 30.3 Å². The normalized spacial score (nSPS) is 10.4. The molecule has 5 heteroatoms. The molecule has 1 aromatic heterocycles. The van der Waals surface area contributed by atoms with Gasteiger partial charge >= 0.3 is 0 Å². The highest BCUT2D eigenvalue weighted by Crippen LogP contribution is 2.13. The lowest BCUT2D eigenvalue weighted by Crippen LogP contribution is -2.23. The van der Waals surface area contributed by atoms with Crippen molar-refractivity contribution >= 4 is 5.82 Å². The molecular formula is C19H19N3O2. The van der Waals surface area contributed by atoms with E-state index in [2.05, 4.69) is 22.4 Å². The van der Waals surface area contributed by atoms with Crippen LogP contribution in [-0.2, 0) is 6.42 Å². The van der Waals surface area contributed by atoms with Crippen LogP contribution in [0.15, 0.2) is 71.8 Å². The summed E-state index contributed by atoms with van der Waals surface area (Å²) in [6, 6.07) is 17.5. The number of nitrogens with one attached hydrogen (secondary N) is 1. The molecule has 3 aromatic rings. The van der Waals surface area contributed by atoms with Crippen molar-refractivity contribution in [3.63, 3.8) is 0 Å². The maximum absolute atomic E-state index is 12.6. The van der Waals surface area contributed by atoms with Crippen LogP contribution in [0.2, 0.25) is 0 Å². The minimum Gasteiger partial charge on any atom is -0.497 e. The summed E-state index contributed by atoms with van der Waals surface area (Å²) >= 11 is 0. The van der Waals surface area contributed by atoms with Crippen molar-refractivity contribution in [1.82, 2.24) is 9.55 Å². The first-order valence-corrected chi connectivity index (χ1v) is 7.78. The predicted octanol–water partition coefficient (Wildman–Crippen LogP) is 2.90. The van der Waals surface area contributed by atoms with Crippen molar-refractivity contribution in [2.75, 3.05) is 19.0 Å². The number of aromatic nitrogens is 2. The maximum Gasteiger partial charge on any atom is 0.297 e. The molecule has 0 aliphatic heterocycles. The molecule has 0 saturated carbocycles. The molecule has 0 unspecified atom stereocenters. The van der Waals surface area contributed by atoms with E-state index in [4.69, 9.17) is 4.74 Å². The molecule has 0 radical (unpaired) electrons. The number of methoxy groups -OCH3 is 1. The number of hydrogen-bond acceptors (Lipinski definition) is 4. The van der Waals surface area contributed by atoms with Gasteiger partial charge in [-0.05, 0) is 36.2 Å². The van der Waals surface area contributed by atoms with Crippen molar-refractivity contribution in [3.05, 3.63) is 82.9 Å². The fourth-order valence-corrected chi connectivity index (χ4v) is 2.45. The van der Waals surface area contributed by atoms with Crippen LogP contribution >= 0.6 is 0 Å². The first kappa shape index (κ1) is 15.8. The van der Waals surface area contributed by atoms with E-state index in [0.29, 0.717) is 12.4 Å². The van der Waals surface area contributed by atoms with Gasteiger partial charge in [-0.15, -0.1) is 0 Å². The maximum atomic E-state index is 12.6. The van der Waals surface area contributed by atoms with E-state index in [9.17, 15) is 4.79 Å². The van der Waals surface area contributed by atoms with Gasteiger partial charge in [0.1, 0.15) is 5.75 Å². The van der Waals surface area contributed by atoms with Crippen molar-refractivity contribution in [2.24, 2.45) is 0 Å². The summed E-state index contributed by atoms with van der Waals surface area (Å²) in [5, 5.41) is 3.12. The number of ether oxygens (including phenoxy) is 1. The third kappa shape index (κ3) is 3.63. The van der Waals surface area contributed by atoms with E-state index in [0.717, 1.165) is 17.9 Å². The van der Waals surface area contributed by atoms with Crippen LogP contribution in [0.5, 0.6) is 5.75 Å². The molecular weight excluding hydrogens is 302 g/mol. The minimum atomic E-state index is -0.171. The van der Waals surface area contributed by atoms with Gasteiger partial charge in [-0.2, -0.15) is 0 Å². The number of anilines is 1. The first-order chi connectivity index (χ1) is 11.8. The topological polar surface area (TPSA) is 56.1 Å². The Labute approximate surface area is 140 Å². The Morgan fingerprint density at radius 3 is 2.54 bits per heavy atom. The van der Waals surface area contributed by atoms with Gasteiger partial charge in [0, 0.05) is 24.6 Å². The Bertz CT molecular complexity index is 842. The van der Waals surface area contributed by atoms with Crippen LogP contribution in [0.4, 0.5) is 5.82 Å². The Morgan fingerprint density at radius 1 is 1.08 bits per heavy atom.